The van der Waals surface area contributed by atoms with Gasteiger partial charge in [-0.25, -0.2) is 13.2 Å². The lowest BCUT2D eigenvalue weighted by Crippen LogP contribution is -2.12. The molecule has 0 saturated carbocycles. The fraction of sp³-hybridized carbons (Fsp3) is 0. The molecule has 2 aromatic rings. The Morgan fingerprint density at radius 3 is 2.32 bits per heavy atom. The number of nitrogens with one attached hydrogen (secondary N) is 1. The number of hydrogen-bond donors (Lipinski definition) is 2. The van der Waals surface area contributed by atoms with E-state index in [1.54, 1.807) is 0 Å². The summed E-state index contributed by atoms with van der Waals surface area (Å²) < 4.78 is 26.3. The first-order valence-corrected chi connectivity index (χ1v) is 6.71. The van der Waals surface area contributed by atoms with Gasteiger partial charge in [0.2, 0.25) is 0 Å². The standard InChI is InChI=1S/C13H9NO4S/c15-13(16)10-6-8-11(9-7-10)14-19(17,18)12-4-2-1-3-5-12/h2,4-9,14H,(H,15,16). The van der Waals surface area contributed by atoms with Gasteiger partial charge in [0.05, 0.1) is 10.5 Å². The van der Waals surface area contributed by atoms with Gasteiger partial charge in [0.15, 0.2) is 0 Å². The van der Waals surface area contributed by atoms with Crippen molar-refractivity contribution in [3.8, 4) is 0 Å². The second-order valence-electron chi connectivity index (χ2n) is 3.66. The Bertz CT molecular complexity index is 678. The molecule has 5 nitrogen and oxygen atoms in total. The summed E-state index contributed by atoms with van der Waals surface area (Å²) in [6.45, 7) is 0. The molecule has 6 heteroatoms. The van der Waals surface area contributed by atoms with Crippen molar-refractivity contribution in [2.75, 3.05) is 4.72 Å². The van der Waals surface area contributed by atoms with Crippen molar-refractivity contribution in [1.29, 1.82) is 0 Å². The van der Waals surface area contributed by atoms with Crippen LogP contribution in [0.15, 0.2) is 47.4 Å². The number of carboxylic acids is 1. The smallest absolute Gasteiger partial charge is 0.335 e. The minimum absolute atomic E-state index is 0.0635. The first-order valence-electron chi connectivity index (χ1n) is 5.23. The average molecular weight is 275 g/mol. The molecular formula is C13H9NO4S. The highest BCUT2D eigenvalue weighted by atomic mass is 32.2. The molecular weight excluding hydrogens is 266 g/mol. The Kier molecular flexibility index (Phi) is 3.40. The summed E-state index contributed by atoms with van der Waals surface area (Å²) in [7, 11) is -3.70. The van der Waals surface area contributed by atoms with Crippen molar-refractivity contribution in [3.05, 3.63) is 60.2 Å². The van der Waals surface area contributed by atoms with Crippen LogP contribution in [0.1, 0.15) is 10.4 Å². The van der Waals surface area contributed by atoms with Gasteiger partial charge in [0.25, 0.3) is 10.0 Å². The summed E-state index contributed by atoms with van der Waals surface area (Å²) in [5, 5.41) is 8.74. The third kappa shape index (κ3) is 3.03. The molecule has 19 heavy (non-hydrogen) atoms. The maximum Gasteiger partial charge on any atom is 0.335 e. The van der Waals surface area contributed by atoms with E-state index in [0.717, 1.165) is 0 Å². The first-order chi connectivity index (χ1) is 8.99. The number of hydrogen-bond acceptors (Lipinski definition) is 3. The Hall–Kier alpha value is -2.52. The monoisotopic (exact) mass is 275 g/mol. The Morgan fingerprint density at radius 1 is 1.11 bits per heavy atom. The molecule has 2 rings (SSSR count). The third-order valence-electron chi connectivity index (χ3n) is 2.32. The summed E-state index contributed by atoms with van der Waals surface area (Å²) in [5.74, 6) is -1.07. The predicted octanol–water partition coefficient (Wildman–Crippen LogP) is 1.79. The van der Waals surface area contributed by atoms with E-state index in [-0.39, 0.29) is 16.1 Å². The Balaban J connectivity index is 2.24. The molecule has 0 heterocycles. The van der Waals surface area contributed by atoms with Crippen LogP contribution >= 0.6 is 0 Å². The molecule has 0 aromatic heterocycles. The molecule has 0 saturated heterocycles. The van der Waals surface area contributed by atoms with Crippen molar-refractivity contribution in [2.45, 2.75) is 4.90 Å². The molecule has 2 aromatic carbocycles. The summed E-state index contributed by atoms with van der Waals surface area (Å²) in [4.78, 5) is 10.7. The molecule has 96 valence electrons. The number of sulfonamides is 1. The van der Waals surface area contributed by atoms with Gasteiger partial charge in [0.1, 0.15) is 0 Å². The number of carbonyl (C=O) groups is 1. The quantitative estimate of drug-likeness (QED) is 0.891. The third-order valence-corrected chi connectivity index (χ3v) is 3.70. The molecule has 0 atom stereocenters. The van der Waals surface area contributed by atoms with E-state index in [1.165, 1.54) is 42.5 Å². The van der Waals surface area contributed by atoms with Crippen LogP contribution in [0.25, 0.3) is 0 Å². The summed E-state index contributed by atoms with van der Waals surface area (Å²) in [6, 6.07) is 14.7. The van der Waals surface area contributed by atoms with Crippen molar-refractivity contribution in [2.24, 2.45) is 0 Å². The lowest BCUT2D eigenvalue weighted by molar-refractivity contribution is 0.0697. The normalized spacial score (nSPS) is 10.5. The van der Waals surface area contributed by atoms with Gasteiger partial charge in [0, 0.05) is 11.8 Å². The zero-order valence-electron chi connectivity index (χ0n) is 9.62. The molecule has 0 unspecified atom stereocenters. The van der Waals surface area contributed by atoms with Gasteiger partial charge < -0.3 is 5.11 Å². The van der Waals surface area contributed by atoms with Crippen LogP contribution in [0.2, 0.25) is 0 Å². The largest absolute Gasteiger partial charge is 0.478 e. The minimum Gasteiger partial charge on any atom is -0.478 e. The summed E-state index contributed by atoms with van der Waals surface area (Å²) in [5.41, 5.74) is 0.378. The lowest BCUT2D eigenvalue weighted by atomic mass is 10.2. The van der Waals surface area contributed by atoms with Crippen LogP contribution in [0.3, 0.4) is 0 Å². The molecule has 0 bridgehead atoms. The second kappa shape index (κ2) is 5.00. The topological polar surface area (TPSA) is 83.5 Å². The fourth-order valence-corrected chi connectivity index (χ4v) is 2.42. The molecule has 0 spiro atoms. The number of aromatic carboxylic acids is 1. The van der Waals surface area contributed by atoms with Crippen LogP contribution < -0.4 is 4.72 Å². The number of anilines is 1. The van der Waals surface area contributed by atoms with Crippen molar-refractivity contribution in [1.82, 2.24) is 0 Å². The average Bonchev–Trinajstić information content (AvgIpc) is 2.40. The maximum atomic E-state index is 12.0. The zero-order valence-corrected chi connectivity index (χ0v) is 10.4. The summed E-state index contributed by atoms with van der Waals surface area (Å²) >= 11 is 0. The fourth-order valence-electron chi connectivity index (χ4n) is 1.39. The van der Waals surface area contributed by atoms with Crippen molar-refractivity contribution < 1.29 is 18.3 Å². The Labute approximate surface area is 110 Å². The molecule has 0 amide bonds. The van der Waals surface area contributed by atoms with Crippen LogP contribution in [0, 0.1) is 12.1 Å². The van der Waals surface area contributed by atoms with Gasteiger partial charge in [-0.2, -0.15) is 0 Å². The number of benzene rings is 1. The molecule has 0 aliphatic rings. The lowest BCUT2D eigenvalue weighted by Gasteiger charge is -2.07. The van der Waals surface area contributed by atoms with E-state index in [0.29, 0.717) is 0 Å². The molecule has 0 fully saturated rings. The second-order valence-corrected chi connectivity index (χ2v) is 5.34. The van der Waals surface area contributed by atoms with Gasteiger partial charge in [-0.1, -0.05) is 12.1 Å². The summed E-state index contributed by atoms with van der Waals surface area (Å²) in [6.07, 6.45) is 0. The van der Waals surface area contributed by atoms with E-state index in [4.69, 9.17) is 5.11 Å². The van der Waals surface area contributed by atoms with Crippen molar-refractivity contribution in [3.63, 3.8) is 0 Å². The van der Waals surface area contributed by atoms with E-state index in [2.05, 4.69) is 16.9 Å². The molecule has 0 aliphatic carbocycles. The van der Waals surface area contributed by atoms with Crippen LogP contribution in [-0.4, -0.2) is 19.5 Å². The predicted molar refractivity (Wildman–Crippen MR) is 68.3 cm³/mol. The molecule has 0 aliphatic heterocycles. The Morgan fingerprint density at radius 2 is 1.79 bits per heavy atom. The highest BCUT2D eigenvalue weighted by Crippen LogP contribution is 2.15. The highest BCUT2D eigenvalue weighted by Gasteiger charge is 2.13. The number of carboxylic acid groups (broad SMARTS) is 1. The minimum atomic E-state index is -3.70. The molecule has 0 radical (unpaired) electrons. The molecule has 2 N–H and O–H groups in total. The van der Waals surface area contributed by atoms with Crippen LogP contribution in [0.4, 0.5) is 5.69 Å². The van der Waals surface area contributed by atoms with E-state index >= 15 is 0 Å². The number of rotatable bonds is 4. The maximum absolute atomic E-state index is 12.0. The first kappa shape index (κ1) is 12.9. The van der Waals surface area contributed by atoms with Crippen molar-refractivity contribution >= 4 is 21.7 Å². The van der Waals surface area contributed by atoms with E-state index in [9.17, 15) is 13.2 Å². The van der Waals surface area contributed by atoms with Crippen LogP contribution in [-0.2, 0) is 10.0 Å². The van der Waals surface area contributed by atoms with Gasteiger partial charge in [-0.05, 0) is 36.4 Å². The highest BCUT2D eigenvalue weighted by molar-refractivity contribution is 7.92. The SMILES string of the molecule is O=C(O)c1ccc(NS(=O)(=O)c2cc#ccc2)cc1. The van der Waals surface area contributed by atoms with Crippen LogP contribution in [0.5, 0.6) is 0 Å². The zero-order chi connectivity index (χ0) is 13.9. The van der Waals surface area contributed by atoms with Gasteiger partial charge in [-0.3, -0.25) is 4.72 Å². The van der Waals surface area contributed by atoms with E-state index in [1.807, 2.05) is 0 Å². The van der Waals surface area contributed by atoms with Gasteiger partial charge in [-0.15, -0.1) is 0 Å². The van der Waals surface area contributed by atoms with Gasteiger partial charge >= 0.3 is 5.97 Å². The van der Waals surface area contributed by atoms with E-state index < -0.39 is 16.0 Å².